The molecule has 0 aliphatic carbocycles. The van der Waals surface area contributed by atoms with Crippen molar-refractivity contribution >= 4 is 11.8 Å². The van der Waals surface area contributed by atoms with Crippen molar-refractivity contribution in [1.29, 1.82) is 0 Å². The molecule has 1 atom stereocenters. The van der Waals surface area contributed by atoms with Crippen LogP contribution in [-0.4, -0.2) is 36.9 Å². The monoisotopic (exact) mass is 380 g/mol. The third kappa shape index (κ3) is 4.91. The predicted octanol–water partition coefficient (Wildman–Crippen LogP) is 3.18. The van der Waals surface area contributed by atoms with E-state index < -0.39 is 5.41 Å². The van der Waals surface area contributed by atoms with Crippen LogP contribution in [0.15, 0.2) is 54.6 Å². The van der Waals surface area contributed by atoms with Crippen LogP contribution >= 0.6 is 0 Å². The molecule has 1 unspecified atom stereocenters. The zero-order chi connectivity index (χ0) is 20.0. The van der Waals surface area contributed by atoms with Gasteiger partial charge in [0, 0.05) is 19.6 Å². The molecule has 3 rings (SSSR count). The number of amides is 2. The van der Waals surface area contributed by atoms with E-state index in [2.05, 4.69) is 5.32 Å². The number of hydrogen-bond donors (Lipinski definition) is 1. The summed E-state index contributed by atoms with van der Waals surface area (Å²) in [7, 11) is 1.63. The molecule has 0 radical (unpaired) electrons. The fourth-order valence-electron chi connectivity index (χ4n) is 3.70. The van der Waals surface area contributed by atoms with E-state index in [1.54, 1.807) is 7.11 Å². The van der Waals surface area contributed by atoms with Gasteiger partial charge in [-0.25, -0.2) is 0 Å². The summed E-state index contributed by atoms with van der Waals surface area (Å²) in [6, 6.07) is 17.4. The Hall–Kier alpha value is -2.82. The molecule has 0 spiro atoms. The summed E-state index contributed by atoms with van der Waals surface area (Å²) in [5, 5.41) is 3.04. The zero-order valence-electron chi connectivity index (χ0n) is 16.6. The molecule has 148 valence electrons. The highest BCUT2D eigenvalue weighted by Gasteiger charge is 2.39. The van der Waals surface area contributed by atoms with Crippen LogP contribution in [0.3, 0.4) is 0 Å². The lowest BCUT2D eigenvalue weighted by atomic mass is 9.80. The van der Waals surface area contributed by atoms with Gasteiger partial charge in [-0.2, -0.15) is 0 Å². The summed E-state index contributed by atoms with van der Waals surface area (Å²) in [5.74, 6) is 0.846. The maximum Gasteiger partial charge on any atom is 0.227 e. The molecule has 5 nitrogen and oxygen atoms in total. The lowest BCUT2D eigenvalue weighted by Gasteiger charge is -2.39. The number of carbonyl (C=O) groups excluding carboxylic acids is 2. The number of nitrogens with one attached hydrogen (secondary N) is 1. The van der Waals surface area contributed by atoms with Gasteiger partial charge in [-0.1, -0.05) is 42.5 Å². The van der Waals surface area contributed by atoms with E-state index in [9.17, 15) is 9.59 Å². The van der Waals surface area contributed by atoms with E-state index in [1.807, 2.05) is 66.4 Å². The number of methoxy groups -OCH3 is 1. The van der Waals surface area contributed by atoms with Crippen molar-refractivity contribution in [1.82, 2.24) is 10.2 Å². The molecule has 2 aromatic rings. The van der Waals surface area contributed by atoms with E-state index in [0.29, 0.717) is 26.1 Å². The van der Waals surface area contributed by atoms with Crippen molar-refractivity contribution in [2.75, 3.05) is 20.2 Å². The largest absolute Gasteiger partial charge is 0.497 e. The highest BCUT2D eigenvalue weighted by atomic mass is 16.5. The van der Waals surface area contributed by atoms with Gasteiger partial charge >= 0.3 is 0 Å². The summed E-state index contributed by atoms with van der Waals surface area (Å²) in [6.45, 7) is 3.58. The molecule has 5 heteroatoms. The second kappa shape index (κ2) is 8.91. The molecule has 1 heterocycles. The molecular weight excluding hydrogens is 352 g/mol. The summed E-state index contributed by atoms with van der Waals surface area (Å²) >= 11 is 0. The Morgan fingerprint density at radius 1 is 1.11 bits per heavy atom. The van der Waals surface area contributed by atoms with Crippen LogP contribution in [0.4, 0.5) is 0 Å². The van der Waals surface area contributed by atoms with Crippen LogP contribution in [0.1, 0.15) is 30.9 Å². The van der Waals surface area contributed by atoms with Crippen molar-refractivity contribution < 1.29 is 14.3 Å². The minimum Gasteiger partial charge on any atom is -0.497 e. The molecular formula is C23H28N2O3. The number of hydrogen-bond acceptors (Lipinski definition) is 3. The first-order chi connectivity index (χ1) is 13.5. The molecule has 1 fully saturated rings. The normalized spacial score (nSPS) is 19.1. The van der Waals surface area contributed by atoms with Gasteiger partial charge in [-0.3, -0.25) is 9.59 Å². The van der Waals surface area contributed by atoms with Crippen LogP contribution < -0.4 is 10.1 Å². The van der Waals surface area contributed by atoms with E-state index in [4.69, 9.17) is 4.74 Å². The average molecular weight is 380 g/mol. The van der Waals surface area contributed by atoms with Gasteiger partial charge in [0.05, 0.1) is 18.9 Å². The van der Waals surface area contributed by atoms with Crippen LogP contribution in [-0.2, 0) is 22.6 Å². The molecule has 1 N–H and O–H groups in total. The molecule has 2 aromatic carbocycles. The van der Waals surface area contributed by atoms with Gasteiger partial charge in [-0.05, 0) is 43.0 Å². The van der Waals surface area contributed by atoms with Crippen molar-refractivity contribution in [3.63, 3.8) is 0 Å². The first-order valence-corrected chi connectivity index (χ1v) is 9.73. The summed E-state index contributed by atoms with van der Waals surface area (Å²) in [4.78, 5) is 27.4. The molecule has 0 aromatic heterocycles. The number of benzene rings is 2. The summed E-state index contributed by atoms with van der Waals surface area (Å²) in [6.07, 6.45) is 2.00. The second-order valence-electron chi connectivity index (χ2n) is 7.68. The molecule has 1 aliphatic heterocycles. The lowest BCUT2D eigenvalue weighted by molar-refractivity contribution is -0.140. The molecule has 0 saturated carbocycles. The fourth-order valence-corrected chi connectivity index (χ4v) is 3.70. The SMILES string of the molecule is COc1cccc(CNC(=O)C2(C)CCCN(C(=O)Cc3ccccc3)C2)c1. The van der Waals surface area contributed by atoms with Gasteiger partial charge in [-0.15, -0.1) is 0 Å². The second-order valence-corrected chi connectivity index (χ2v) is 7.68. The van der Waals surface area contributed by atoms with E-state index in [-0.39, 0.29) is 11.8 Å². The van der Waals surface area contributed by atoms with Crippen molar-refractivity contribution in [3.05, 3.63) is 65.7 Å². The van der Waals surface area contributed by atoms with Gasteiger partial charge < -0.3 is 15.0 Å². The maximum atomic E-state index is 12.9. The number of carbonyl (C=O) groups is 2. The van der Waals surface area contributed by atoms with Crippen molar-refractivity contribution in [2.45, 2.75) is 32.7 Å². The van der Waals surface area contributed by atoms with Crippen LogP contribution in [0.2, 0.25) is 0 Å². The van der Waals surface area contributed by atoms with Crippen molar-refractivity contribution in [3.8, 4) is 5.75 Å². The van der Waals surface area contributed by atoms with E-state index in [1.165, 1.54) is 0 Å². The molecule has 2 amide bonds. The number of nitrogens with zero attached hydrogens (tertiary/aromatic N) is 1. The first-order valence-electron chi connectivity index (χ1n) is 9.73. The van der Waals surface area contributed by atoms with Gasteiger partial charge in [0.25, 0.3) is 0 Å². The minimum absolute atomic E-state index is 0.00692. The Labute approximate surface area is 166 Å². The van der Waals surface area contributed by atoms with E-state index in [0.717, 1.165) is 29.7 Å². The van der Waals surface area contributed by atoms with Crippen LogP contribution in [0, 0.1) is 5.41 Å². The van der Waals surface area contributed by atoms with E-state index >= 15 is 0 Å². The van der Waals surface area contributed by atoms with Gasteiger partial charge in [0.1, 0.15) is 5.75 Å². The Morgan fingerprint density at radius 2 is 1.86 bits per heavy atom. The third-order valence-electron chi connectivity index (χ3n) is 5.38. The third-order valence-corrected chi connectivity index (χ3v) is 5.38. The summed E-state index contributed by atoms with van der Waals surface area (Å²) in [5.41, 5.74) is 1.43. The highest BCUT2D eigenvalue weighted by molar-refractivity contribution is 5.84. The van der Waals surface area contributed by atoms with Crippen molar-refractivity contribution in [2.24, 2.45) is 5.41 Å². The minimum atomic E-state index is -0.566. The molecule has 1 saturated heterocycles. The van der Waals surface area contributed by atoms with Gasteiger partial charge in [0.2, 0.25) is 11.8 Å². The quantitative estimate of drug-likeness (QED) is 0.837. The van der Waals surface area contributed by atoms with Crippen LogP contribution in [0.25, 0.3) is 0 Å². The number of ether oxygens (including phenoxy) is 1. The average Bonchev–Trinajstić information content (AvgIpc) is 2.73. The molecule has 0 bridgehead atoms. The first kappa shape index (κ1) is 19.9. The fraction of sp³-hybridized carbons (Fsp3) is 0.391. The van der Waals surface area contributed by atoms with Gasteiger partial charge in [0.15, 0.2) is 0 Å². The lowest BCUT2D eigenvalue weighted by Crippen LogP contribution is -2.52. The zero-order valence-corrected chi connectivity index (χ0v) is 16.6. The Kier molecular flexibility index (Phi) is 6.34. The molecule has 28 heavy (non-hydrogen) atoms. The highest BCUT2D eigenvalue weighted by Crippen LogP contribution is 2.30. The topological polar surface area (TPSA) is 58.6 Å². The number of likely N-dealkylation sites (tertiary alicyclic amines) is 1. The Morgan fingerprint density at radius 3 is 2.61 bits per heavy atom. The Balaban J connectivity index is 1.59. The maximum absolute atomic E-state index is 12.9. The standard InChI is InChI=1S/C23H28N2O3/c1-23(22(27)24-16-19-10-6-11-20(14-19)28-2)12-7-13-25(17-23)21(26)15-18-8-4-3-5-9-18/h3-6,8-11,14H,7,12-13,15-17H2,1-2H3,(H,24,27). The number of piperidine rings is 1. The summed E-state index contributed by atoms with van der Waals surface area (Å²) < 4.78 is 5.23. The predicted molar refractivity (Wildman–Crippen MR) is 109 cm³/mol. The number of rotatable bonds is 6. The smallest absolute Gasteiger partial charge is 0.227 e. The Bertz CT molecular complexity index is 822. The molecule has 1 aliphatic rings. The van der Waals surface area contributed by atoms with Crippen LogP contribution in [0.5, 0.6) is 5.75 Å².